The monoisotopic (exact) mass is 237 g/mol. The third kappa shape index (κ3) is 2.57. The lowest BCUT2D eigenvalue weighted by atomic mass is 9.88. The first-order valence-electron chi connectivity index (χ1n) is 5.82. The summed E-state index contributed by atoms with van der Waals surface area (Å²) >= 11 is 0. The van der Waals surface area contributed by atoms with E-state index in [1.54, 1.807) is 6.07 Å². The summed E-state index contributed by atoms with van der Waals surface area (Å²) in [5, 5.41) is 8.98. The van der Waals surface area contributed by atoms with E-state index in [0.29, 0.717) is 13.1 Å². The minimum atomic E-state index is -0.866. The van der Waals surface area contributed by atoms with Crippen molar-refractivity contribution in [1.29, 1.82) is 0 Å². The number of piperidine rings is 1. The molecular formula is C13H16FNO2. The topological polar surface area (TPSA) is 40.5 Å². The normalized spacial score (nSPS) is 20.4. The first-order valence-corrected chi connectivity index (χ1v) is 5.82. The number of rotatable bonds is 1. The summed E-state index contributed by atoms with van der Waals surface area (Å²) in [4.78, 5) is 12.4. The van der Waals surface area contributed by atoms with E-state index in [4.69, 9.17) is 5.11 Å². The van der Waals surface area contributed by atoms with Crippen molar-refractivity contribution in [3.05, 3.63) is 35.1 Å². The number of halogens is 1. The highest BCUT2D eigenvalue weighted by atomic mass is 19.1. The molecule has 0 aromatic heterocycles. The first kappa shape index (κ1) is 11.9. The molecule has 1 aliphatic heterocycles. The Bertz CT molecular complexity index is 433. The molecule has 1 aliphatic rings. The van der Waals surface area contributed by atoms with Gasteiger partial charge in [-0.25, -0.2) is 9.18 Å². The maximum absolute atomic E-state index is 13.0. The Morgan fingerprint density at radius 2 is 2.29 bits per heavy atom. The third-order valence-corrected chi connectivity index (χ3v) is 3.36. The molecule has 2 rings (SSSR count). The van der Waals surface area contributed by atoms with Crippen LogP contribution in [0.25, 0.3) is 0 Å². The van der Waals surface area contributed by atoms with Crippen molar-refractivity contribution in [3.63, 3.8) is 0 Å². The summed E-state index contributed by atoms with van der Waals surface area (Å²) in [5.41, 5.74) is 1.97. The standard InChI is InChI=1S/C13H16FNO2/c1-9-7-11(14)4-5-12(9)10-3-2-6-15(8-10)13(16)17/h4-5,7,10H,2-3,6,8H2,1H3,(H,16,17)/t10-/m1/s1. The first-order chi connectivity index (χ1) is 8.08. The van der Waals surface area contributed by atoms with Gasteiger partial charge in [-0.2, -0.15) is 0 Å². The number of likely N-dealkylation sites (tertiary alicyclic amines) is 1. The number of carboxylic acid groups (broad SMARTS) is 1. The summed E-state index contributed by atoms with van der Waals surface area (Å²) in [6.07, 6.45) is 0.971. The predicted octanol–water partition coefficient (Wildman–Crippen LogP) is 2.99. The minimum Gasteiger partial charge on any atom is -0.465 e. The highest BCUT2D eigenvalue weighted by Gasteiger charge is 2.25. The maximum atomic E-state index is 13.0. The summed E-state index contributed by atoms with van der Waals surface area (Å²) in [5.74, 6) is -0.0439. The van der Waals surface area contributed by atoms with Gasteiger partial charge >= 0.3 is 6.09 Å². The van der Waals surface area contributed by atoms with E-state index in [2.05, 4.69) is 0 Å². The average molecular weight is 237 g/mol. The largest absolute Gasteiger partial charge is 0.465 e. The van der Waals surface area contributed by atoms with Gasteiger partial charge in [-0.15, -0.1) is 0 Å². The molecule has 1 atom stereocenters. The van der Waals surface area contributed by atoms with E-state index >= 15 is 0 Å². The lowest BCUT2D eigenvalue weighted by Gasteiger charge is -2.31. The van der Waals surface area contributed by atoms with Crippen LogP contribution in [0, 0.1) is 12.7 Å². The second kappa shape index (κ2) is 4.73. The van der Waals surface area contributed by atoms with Gasteiger partial charge in [0.2, 0.25) is 0 Å². The summed E-state index contributed by atoms with van der Waals surface area (Å²) in [6, 6.07) is 4.73. The molecule has 0 unspecified atom stereocenters. The van der Waals surface area contributed by atoms with Gasteiger partial charge in [0.05, 0.1) is 0 Å². The van der Waals surface area contributed by atoms with Gasteiger partial charge in [0, 0.05) is 19.0 Å². The van der Waals surface area contributed by atoms with Crippen LogP contribution in [-0.2, 0) is 0 Å². The Hall–Kier alpha value is -1.58. The van der Waals surface area contributed by atoms with Gasteiger partial charge < -0.3 is 10.0 Å². The van der Waals surface area contributed by atoms with Crippen LogP contribution in [0.3, 0.4) is 0 Å². The Morgan fingerprint density at radius 1 is 1.53 bits per heavy atom. The average Bonchev–Trinajstić information content (AvgIpc) is 2.29. The lowest BCUT2D eigenvalue weighted by Crippen LogP contribution is -2.38. The van der Waals surface area contributed by atoms with Crippen LogP contribution in [0.4, 0.5) is 9.18 Å². The van der Waals surface area contributed by atoms with E-state index in [1.165, 1.54) is 17.0 Å². The summed E-state index contributed by atoms with van der Waals surface area (Å²) in [7, 11) is 0. The summed E-state index contributed by atoms with van der Waals surface area (Å²) in [6.45, 7) is 2.99. The molecule has 0 aliphatic carbocycles. The third-order valence-electron chi connectivity index (χ3n) is 3.36. The number of hydrogen-bond acceptors (Lipinski definition) is 1. The van der Waals surface area contributed by atoms with E-state index < -0.39 is 6.09 Å². The van der Waals surface area contributed by atoms with Crippen LogP contribution in [-0.4, -0.2) is 29.2 Å². The number of carbonyl (C=O) groups is 1. The number of benzene rings is 1. The molecule has 1 amide bonds. The molecule has 1 N–H and O–H groups in total. The molecular weight excluding hydrogens is 221 g/mol. The highest BCUT2D eigenvalue weighted by molar-refractivity contribution is 5.65. The molecule has 17 heavy (non-hydrogen) atoms. The van der Waals surface area contributed by atoms with Crippen molar-refractivity contribution in [2.45, 2.75) is 25.7 Å². The van der Waals surface area contributed by atoms with E-state index in [9.17, 15) is 9.18 Å². The second-order valence-corrected chi connectivity index (χ2v) is 4.57. The van der Waals surface area contributed by atoms with Gasteiger partial charge in [-0.1, -0.05) is 6.07 Å². The SMILES string of the molecule is Cc1cc(F)ccc1[C@@H]1CCCN(C(=O)O)C1. The summed E-state index contributed by atoms with van der Waals surface area (Å²) < 4.78 is 13.0. The molecule has 0 spiro atoms. The zero-order valence-corrected chi connectivity index (χ0v) is 9.82. The van der Waals surface area contributed by atoms with Crippen molar-refractivity contribution in [2.75, 3.05) is 13.1 Å². The second-order valence-electron chi connectivity index (χ2n) is 4.57. The number of hydrogen-bond donors (Lipinski definition) is 1. The lowest BCUT2D eigenvalue weighted by molar-refractivity contribution is 0.130. The van der Waals surface area contributed by atoms with Crippen LogP contribution in [0.5, 0.6) is 0 Å². The Morgan fingerprint density at radius 3 is 2.94 bits per heavy atom. The molecule has 3 nitrogen and oxygen atoms in total. The molecule has 4 heteroatoms. The molecule has 0 saturated carbocycles. The Labute approximate surface area is 99.9 Å². The zero-order valence-electron chi connectivity index (χ0n) is 9.82. The van der Waals surface area contributed by atoms with Crippen molar-refractivity contribution in [3.8, 4) is 0 Å². The number of amides is 1. The quantitative estimate of drug-likeness (QED) is 0.815. The molecule has 1 saturated heterocycles. The van der Waals surface area contributed by atoms with Crippen molar-refractivity contribution < 1.29 is 14.3 Å². The van der Waals surface area contributed by atoms with E-state index in [-0.39, 0.29) is 11.7 Å². The zero-order chi connectivity index (χ0) is 12.4. The molecule has 1 aromatic carbocycles. The fourth-order valence-corrected chi connectivity index (χ4v) is 2.50. The van der Waals surface area contributed by atoms with Gasteiger partial charge in [-0.05, 0) is 43.0 Å². The Kier molecular flexibility index (Phi) is 3.31. The van der Waals surface area contributed by atoms with E-state index in [0.717, 1.165) is 24.0 Å². The molecule has 92 valence electrons. The number of aryl methyl sites for hydroxylation is 1. The van der Waals surface area contributed by atoms with Crippen molar-refractivity contribution >= 4 is 6.09 Å². The Balaban J connectivity index is 2.19. The number of nitrogens with zero attached hydrogens (tertiary/aromatic N) is 1. The molecule has 1 aromatic rings. The fraction of sp³-hybridized carbons (Fsp3) is 0.462. The molecule has 1 fully saturated rings. The van der Waals surface area contributed by atoms with Crippen LogP contribution < -0.4 is 0 Å². The van der Waals surface area contributed by atoms with Crippen LogP contribution >= 0.6 is 0 Å². The van der Waals surface area contributed by atoms with Crippen LogP contribution in [0.2, 0.25) is 0 Å². The van der Waals surface area contributed by atoms with Gasteiger partial charge in [0.1, 0.15) is 5.82 Å². The molecule has 0 bridgehead atoms. The predicted molar refractivity (Wildman–Crippen MR) is 62.7 cm³/mol. The van der Waals surface area contributed by atoms with Gasteiger partial charge in [0.15, 0.2) is 0 Å². The highest BCUT2D eigenvalue weighted by Crippen LogP contribution is 2.29. The van der Waals surface area contributed by atoms with Crippen LogP contribution in [0.1, 0.15) is 29.9 Å². The van der Waals surface area contributed by atoms with Crippen molar-refractivity contribution in [1.82, 2.24) is 4.90 Å². The van der Waals surface area contributed by atoms with E-state index in [1.807, 2.05) is 6.92 Å². The molecule has 0 radical (unpaired) electrons. The minimum absolute atomic E-state index is 0.195. The van der Waals surface area contributed by atoms with Crippen molar-refractivity contribution in [2.24, 2.45) is 0 Å². The van der Waals surface area contributed by atoms with Gasteiger partial charge in [-0.3, -0.25) is 0 Å². The van der Waals surface area contributed by atoms with Crippen LogP contribution in [0.15, 0.2) is 18.2 Å². The fourth-order valence-electron chi connectivity index (χ4n) is 2.50. The maximum Gasteiger partial charge on any atom is 0.407 e. The van der Waals surface area contributed by atoms with Gasteiger partial charge in [0.25, 0.3) is 0 Å². The smallest absolute Gasteiger partial charge is 0.407 e. The molecule has 1 heterocycles.